The van der Waals surface area contributed by atoms with Gasteiger partial charge < -0.3 is 14.8 Å². The summed E-state index contributed by atoms with van der Waals surface area (Å²) in [6, 6.07) is 6.01. The highest BCUT2D eigenvalue weighted by Gasteiger charge is 2.32. The second kappa shape index (κ2) is 6.21. The lowest BCUT2D eigenvalue weighted by molar-refractivity contribution is 0.309. The zero-order chi connectivity index (χ0) is 17.7. The van der Waals surface area contributed by atoms with Crippen LogP contribution in [0, 0.1) is 0 Å². The first-order valence-corrected chi connectivity index (χ1v) is 9.50. The number of imidazole rings is 1. The number of aromatic amines is 1. The van der Waals surface area contributed by atoms with Crippen LogP contribution < -0.4 is 4.90 Å². The molecule has 4 heterocycles. The van der Waals surface area contributed by atoms with Crippen LogP contribution in [-0.4, -0.2) is 45.0 Å². The summed E-state index contributed by atoms with van der Waals surface area (Å²) < 4.78 is 0. The number of rotatable bonds is 2. The van der Waals surface area contributed by atoms with Gasteiger partial charge in [-0.25, -0.2) is 15.0 Å². The van der Waals surface area contributed by atoms with Crippen LogP contribution in [0.5, 0.6) is 0 Å². The van der Waals surface area contributed by atoms with Crippen LogP contribution in [0.25, 0.3) is 11.0 Å². The van der Waals surface area contributed by atoms with Crippen LogP contribution in [0.3, 0.4) is 0 Å². The Labute approximate surface area is 157 Å². The van der Waals surface area contributed by atoms with Gasteiger partial charge in [0.05, 0.1) is 22.8 Å². The molecule has 1 aromatic carbocycles. The molecule has 2 aliphatic rings. The van der Waals surface area contributed by atoms with E-state index in [-0.39, 0.29) is 6.04 Å². The smallest absolute Gasteiger partial charge is 0.137 e. The van der Waals surface area contributed by atoms with E-state index in [4.69, 9.17) is 16.6 Å². The first-order valence-electron chi connectivity index (χ1n) is 9.12. The van der Waals surface area contributed by atoms with E-state index in [0.29, 0.717) is 0 Å². The predicted molar refractivity (Wildman–Crippen MR) is 102 cm³/mol. The lowest BCUT2D eigenvalue weighted by Crippen LogP contribution is -2.32. The second-order valence-corrected chi connectivity index (χ2v) is 7.68. The standard InChI is InChI=1S/C19H21ClN6/c1-25-8-6-14-13(10-25)19(22-11-21-14)26-7-2-3-17(26)18-23-15-5-4-12(20)9-16(15)24-18/h4-5,9,11,17H,2-3,6-8,10H2,1H3,(H,23,24). The molecular weight excluding hydrogens is 348 g/mol. The van der Waals surface area contributed by atoms with Crippen molar-refractivity contribution in [3.05, 3.63) is 46.6 Å². The Bertz CT molecular complexity index is 968. The molecule has 26 heavy (non-hydrogen) atoms. The summed E-state index contributed by atoms with van der Waals surface area (Å²) in [5.74, 6) is 2.07. The topological polar surface area (TPSA) is 60.9 Å². The van der Waals surface area contributed by atoms with Gasteiger partial charge in [-0.05, 0) is 38.1 Å². The molecule has 5 rings (SSSR count). The van der Waals surface area contributed by atoms with E-state index < -0.39 is 0 Å². The van der Waals surface area contributed by atoms with Gasteiger partial charge >= 0.3 is 0 Å². The molecule has 1 unspecified atom stereocenters. The van der Waals surface area contributed by atoms with Gasteiger partial charge in [-0.2, -0.15) is 0 Å². The molecule has 1 fully saturated rings. The average molecular weight is 369 g/mol. The van der Waals surface area contributed by atoms with E-state index >= 15 is 0 Å². The lowest BCUT2D eigenvalue weighted by Gasteiger charge is -2.31. The van der Waals surface area contributed by atoms with Gasteiger partial charge in [0.2, 0.25) is 0 Å². The highest BCUT2D eigenvalue weighted by atomic mass is 35.5. The summed E-state index contributed by atoms with van der Waals surface area (Å²) in [4.78, 5) is 22.2. The third-order valence-corrected chi connectivity index (χ3v) is 5.71. The predicted octanol–water partition coefficient (Wildman–Crippen LogP) is 3.34. The molecule has 3 aromatic rings. The molecule has 2 aliphatic heterocycles. The Morgan fingerprint density at radius 1 is 1.23 bits per heavy atom. The van der Waals surface area contributed by atoms with Gasteiger partial charge in [-0.1, -0.05) is 11.6 Å². The zero-order valence-corrected chi connectivity index (χ0v) is 15.5. The van der Waals surface area contributed by atoms with Crippen molar-refractivity contribution < 1.29 is 0 Å². The number of benzene rings is 1. The minimum Gasteiger partial charge on any atom is -0.346 e. The maximum atomic E-state index is 6.13. The Balaban J connectivity index is 1.55. The van der Waals surface area contributed by atoms with Crippen molar-refractivity contribution in [1.29, 1.82) is 0 Å². The van der Waals surface area contributed by atoms with Gasteiger partial charge in [0.25, 0.3) is 0 Å². The molecule has 0 aliphatic carbocycles. The number of likely N-dealkylation sites (N-methyl/N-ethyl adjacent to an activating group) is 1. The summed E-state index contributed by atoms with van der Waals surface area (Å²) in [5.41, 5.74) is 4.41. The Morgan fingerprint density at radius 3 is 3.08 bits per heavy atom. The van der Waals surface area contributed by atoms with E-state index in [9.17, 15) is 0 Å². The SMILES string of the molecule is CN1CCc2ncnc(N3CCCC3c3nc4ccc(Cl)cc4[nH]3)c2C1. The zero-order valence-electron chi connectivity index (χ0n) is 14.7. The summed E-state index contributed by atoms with van der Waals surface area (Å²) in [5, 5.41) is 0.726. The molecule has 2 aromatic heterocycles. The number of nitrogens with zero attached hydrogens (tertiary/aromatic N) is 5. The molecule has 7 heteroatoms. The molecule has 1 atom stereocenters. The Morgan fingerprint density at radius 2 is 2.15 bits per heavy atom. The van der Waals surface area contributed by atoms with Crippen LogP contribution in [0.1, 0.15) is 36.0 Å². The van der Waals surface area contributed by atoms with Gasteiger partial charge in [0.1, 0.15) is 18.0 Å². The highest BCUT2D eigenvalue weighted by Crippen LogP contribution is 2.37. The maximum Gasteiger partial charge on any atom is 0.137 e. The molecule has 0 spiro atoms. The third-order valence-electron chi connectivity index (χ3n) is 5.47. The summed E-state index contributed by atoms with van der Waals surface area (Å²) in [6.07, 6.45) is 4.91. The van der Waals surface area contributed by atoms with E-state index in [1.165, 1.54) is 11.3 Å². The summed E-state index contributed by atoms with van der Waals surface area (Å²) in [6.45, 7) is 2.96. The van der Waals surface area contributed by atoms with E-state index in [1.807, 2.05) is 18.2 Å². The fourth-order valence-electron chi connectivity index (χ4n) is 4.17. The molecule has 0 saturated carbocycles. The molecule has 1 N–H and O–H groups in total. The van der Waals surface area contributed by atoms with Crippen molar-refractivity contribution in [2.75, 3.05) is 25.0 Å². The number of anilines is 1. The van der Waals surface area contributed by atoms with Crippen LogP contribution in [0.4, 0.5) is 5.82 Å². The molecule has 6 nitrogen and oxygen atoms in total. The van der Waals surface area contributed by atoms with E-state index in [0.717, 1.165) is 66.6 Å². The number of fused-ring (bicyclic) bond motifs is 2. The quantitative estimate of drug-likeness (QED) is 0.751. The maximum absolute atomic E-state index is 6.13. The van der Waals surface area contributed by atoms with Crippen molar-refractivity contribution in [3.63, 3.8) is 0 Å². The highest BCUT2D eigenvalue weighted by molar-refractivity contribution is 6.31. The number of aromatic nitrogens is 4. The largest absolute Gasteiger partial charge is 0.346 e. The fourth-order valence-corrected chi connectivity index (χ4v) is 4.34. The minimum atomic E-state index is 0.215. The van der Waals surface area contributed by atoms with E-state index in [2.05, 4.69) is 31.8 Å². The van der Waals surface area contributed by atoms with Crippen LogP contribution in [0.2, 0.25) is 5.02 Å². The normalized spacial score (nSPS) is 20.7. The van der Waals surface area contributed by atoms with Gasteiger partial charge in [0, 0.05) is 36.6 Å². The summed E-state index contributed by atoms with van der Waals surface area (Å²) in [7, 11) is 2.16. The molecule has 0 amide bonds. The minimum absolute atomic E-state index is 0.215. The second-order valence-electron chi connectivity index (χ2n) is 7.25. The Kier molecular flexibility index (Phi) is 3.83. The number of hydrogen-bond acceptors (Lipinski definition) is 5. The van der Waals surface area contributed by atoms with Crippen molar-refractivity contribution in [3.8, 4) is 0 Å². The number of hydrogen-bond donors (Lipinski definition) is 1. The van der Waals surface area contributed by atoms with Gasteiger partial charge in [-0.3, -0.25) is 0 Å². The number of halogens is 1. The molecule has 0 bridgehead atoms. The van der Waals surface area contributed by atoms with Crippen molar-refractivity contribution >= 4 is 28.5 Å². The first-order chi connectivity index (χ1) is 12.7. The summed E-state index contributed by atoms with van der Waals surface area (Å²) >= 11 is 6.13. The van der Waals surface area contributed by atoms with Crippen LogP contribution in [0.15, 0.2) is 24.5 Å². The van der Waals surface area contributed by atoms with Crippen LogP contribution >= 0.6 is 11.6 Å². The van der Waals surface area contributed by atoms with Crippen molar-refractivity contribution in [2.45, 2.75) is 31.8 Å². The third kappa shape index (κ3) is 2.64. The van der Waals surface area contributed by atoms with Gasteiger partial charge in [-0.15, -0.1) is 0 Å². The lowest BCUT2D eigenvalue weighted by atomic mass is 10.1. The Hall–Kier alpha value is -2.18. The molecule has 0 radical (unpaired) electrons. The molecular formula is C19H21ClN6. The monoisotopic (exact) mass is 368 g/mol. The van der Waals surface area contributed by atoms with Gasteiger partial charge in [0.15, 0.2) is 0 Å². The molecule has 1 saturated heterocycles. The average Bonchev–Trinajstić information content (AvgIpc) is 3.27. The van der Waals surface area contributed by atoms with E-state index in [1.54, 1.807) is 6.33 Å². The van der Waals surface area contributed by atoms with Crippen molar-refractivity contribution in [1.82, 2.24) is 24.8 Å². The van der Waals surface area contributed by atoms with Crippen molar-refractivity contribution in [2.24, 2.45) is 0 Å². The first kappa shape index (κ1) is 16.0. The fraction of sp³-hybridized carbons (Fsp3) is 0.421. The number of H-pyrrole nitrogens is 1. The van der Waals surface area contributed by atoms with Crippen LogP contribution in [-0.2, 0) is 13.0 Å². The number of nitrogens with one attached hydrogen (secondary N) is 1. The molecule has 134 valence electrons.